The predicted molar refractivity (Wildman–Crippen MR) is 32.6 cm³/mol. The van der Waals surface area contributed by atoms with E-state index >= 15 is 0 Å². The summed E-state index contributed by atoms with van der Waals surface area (Å²) in [5.74, 6) is -0.542. The van der Waals surface area contributed by atoms with Crippen molar-refractivity contribution in [3.05, 3.63) is 0 Å². The van der Waals surface area contributed by atoms with Gasteiger partial charge in [-0.1, -0.05) is 13.8 Å². The fraction of sp³-hybridized carbons (Fsp3) is 0.600. The van der Waals surface area contributed by atoms with E-state index in [1.807, 2.05) is 5.32 Å². The van der Waals surface area contributed by atoms with Crippen LogP contribution in [0.1, 0.15) is 13.8 Å². The van der Waals surface area contributed by atoms with Crippen LogP contribution in [0.4, 0.5) is 4.79 Å². The number of primary amides is 1. The summed E-state index contributed by atoms with van der Waals surface area (Å²) >= 11 is 0. The molecular formula is C5H10N2O2. The van der Waals surface area contributed by atoms with Gasteiger partial charge >= 0.3 is 6.03 Å². The van der Waals surface area contributed by atoms with Crippen LogP contribution in [0.5, 0.6) is 0 Å². The van der Waals surface area contributed by atoms with Crippen molar-refractivity contribution in [1.29, 1.82) is 0 Å². The van der Waals surface area contributed by atoms with Gasteiger partial charge < -0.3 is 5.73 Å². The molecule has 0 aliphatic rings. The SMILES string of the molecule is CC(C)C(=O)NC(N)=O. The van der Waals surface area contributed by atoms with Gasteiger partial charge in [0.2, 0.25) is 5.91 Å². The number of rotatable bonds is 1. The highest BCUT2D eigenvalue weighted by Crippen LogP contribution is 1.88. The average Bonchev–Trinajstić information content (AvgIpc) is 1.63. The quantitative estimate of drug-likeness (QED) is 0.517. The van der Waals surface area contributed by atoms with Crippen LogP contribution in [0.15, 0.2) is 0 Å². The molecule has 0 bridgehead atoms. The summed E-state index contributed by atoms with van der Waals surface area (Å²) in [5.41, 5.74) is 4.66. The molecule has 0 fully saturated rings. The third-order valence-electron chi connectivity index (χ3n) is 0.771. The van der Waals surface area contributed by atoms with Crippen molar-refractivity contribution in [2.24, 2.45) is 11.7 Å². The van der Waals surface area contributed by atoms with Crippen LogP contribution in [-0.4, -0.2) is 11.9 Å². The Kier molecular flexibility index (Phi) is 2.70. The molecule has 0 rings (SSSR count). The van der Waals surface area contributed by atoms with E-state index in [4.69, 9.17) is 0 Å². The van der Waals surface area contributed by atoms with Gasteiger partial charge in [0, 0.05) is 5.92 Å². The Hall–Kier alpha value is -1.06. The average molecular weight is 130 g/mol. The molecule has 0 spiro atoms. The second-order valence-corrected chi connectivity index (χ2v) is 2.01. The first-order chi connectivity index (χ1) is 4.04. The predicted octanol–water partition coefficient (Wildman–Crippen LogP) is -0.163. The lowest BCUT2D eigenvalue weighted by molar-refractivity contribution is -0.122. The van der Waals surface area contributed by atoms with Crippen LogP contribution in [-0.2, 0) is 4.79 Å². The van der Waals surface area contributed by atoms with E-state index in [9.17, 15) is 9.59 Å². The molecule has 0 aliphatic heterocycles. The second kappa shape index (κ2) is 3.06. The van der Waals surface area contributed by atoms with Crippen molar-refractivity contribution >= 4 is 11.9 Å². The van der Waals surface area contributed by atoms with E-state index in [1.54, 1.807) is 13.8 Å². The molecule has 9 heavy (non-hydrogen) atoms. The smallest absolute Gasteiger partial charge is 0.318 e. The number of hydrogen-bond acceptors (Lipinski definition) is 2. The Morgan fingerprint density at radius 1 is 1.44 bits per heavy atom. The first-order valence-electron chi connectivity index (χ1n) is 2.64. The second-order valence-electron chi connectivity index (χ2n) is 2.01. The molecule has 0 aromatic rings. The fourth-order valence-corrected chi connectivity index (χ4v) is 0.266. The van der Waals surface area contributed by atoms with Crippen LogP contribution in [0, 0.1) is 5.92 Å². The summed E-state index contributed by atoms with van der Waals surface area (Å²) < 4.78 is 0. The lowest BCUT2D eigenvalue weighted by Gasteiger charge is -2.01. The van der Waals surface area contributed by atoms with Crippen LogP contribution in [0.3, 0.4) is 0 Å². The van der Waals surface area contributed by atoms with Gasteiger partial charge in [-0.15, -0.1) is 0 Å². The van der Waals surface area contributed by atoms with Crippen molar-refractivity contribution in [2.45, 2.75) is 13.8 Å². The minimum absolute atomic E-state index is 0.197. The minimum atomic E-state index is -0.797. The van der Waals surface area contributed by atoms with Gasteiger partial charge in [0.25, 0.3) is 0 Å². The molecule has 0 aliphatic carbocycles. The van der Waals surface area contributed by atoms with E-state index in [0.29, 0.717) is 0 Å². The van der Waals surface area contributed by atoms with Crippen molar-refractivity contribution in [1.82, 2.24) is 5.32 Å². The highest BCUT2D eigenvalue weighted by atomic mass is 16.2. The molecule has 0 saturated heterocycles. The maximum Gasteiger partial charge on any atom is 0.318 e. The number of carbonyl (C=O) groups excluding carboxylic acids is 2. The van der Waals surface area contributed by atoms with Gasteiger partial charge in [0.15, 0.2) is 0 Å². The molecule has 3 N–H and O–H groups in total. The molecule has 0 radical (unpaired) electrons. The van der Waals surface area contributed by atoms with Crippen molar-refractivity contribution in [3.63, 3.8) is 0 Å². The molecule has 0 unspecified atom stereocenters. The monoisotopic (exact) mass is 130 g/mol. The van der Waals surface area contributed by atoms with Gasteiger partial charge in [-0.05, 0) is 0 Å². The zero-order valence-electron chi connectivity index (χ0n) is 5.47. The Morgan fingerprint density at radius 3 is 2.00 bits per heavy atom. The highest BCUT2D eigenvalue weighted by Gasteiger charge is 2.07. The molecule has 3 amide bonds. The first-order valence-corrected chi connectivity index (χ1v) is 2.64. The summed E-state index contributed by atoms with van der Waals surface area (Å²) in [6.45, 7) is 3.36. The van der Waals surface area contributed by atoms with Gasteiger partial charge in [-0.3, -0.25) is 10.1 Å². The van der Waals surface area contributed by atoms with E-state index < -0.39 is 6.03 Å². The van der Waals surface area contributed by atoms with Crippen LogP contribution in [0.2, 0.25) is 0 Å². The number of hydrogen-bond donors (Lipinski definition) is 2. The molecule has 0 atom stereocenters. The van der Waals surface area contributed by atoms with Crippen LogP contribution >= 0.6 is 0 Å². The first kappa shape index (κ1) is 7.94. The Bertz CT molecular complexity index is 131. The molecule has 0 heterocycles. The molecule has 0 aromatic heterocycles. The van der Waals surface area contributed by atoms with E-state index in [-0.39, 0.29) is 11.8 Å². The molecule has 52 valence electrons. The third kappa shape index (κ3) is 3.52. The summed E-state index contributed by atoms with van der Waals surface area (Å²) in [4.78, 5) is 20.5. The zero-order chi connectivity index (χ0) is 7.44. The molecule has 0 saturated carbocycles. The maximum absolute atomic E-state index is 10.5. The van der Waals surface area contributed by atoms with Crippen LogP contribution in [0.25, 0.3) is 0 Å². The molecular weight excluding hydrogens is 120 g/mol. The minimum Gasteiger partial charge on any atom is -0.351 e. The normalized spacial score (nSPS) is 9.22. The third-order valence-corrected chi connectivity index (χ3v) is 0.771. The largest absolute Gasteiger partial charge is 0.351 e. The Morgan fingerprint density at radius 2 is 1.89 bits per heavy atom. The lowest BCUT2D eigenvalue weighted by Crippen LogP contribution is -2.37. The summed E-state index contributed by atoms with van der Waals surface area (Å²) in [7, 11) is 0. The van der Waals surface area contributed by atoms with Gasteiger partial charge in [0.05, 0.1) is 0 Å². The maximum atomic E-state index is 10.5. The Balaban J connectivity index is 3.64. The van der Waals surface area contributed by atoms with Crippen molar-refractivity contribution in [2.75, 3.05) is 0 Å². The summed E-state index contributed by atoms with van der Waals surface area (Å²) in [5, 5.41) is 1.94. The lowest BCUT2D eigenvalue weighted by atomic mass is 10.2. The number of amides is 3. The number of carbonyl (C=O) groups is 2. The summed E-state index contributed by atoms with van der Waals surface area (Å²) in [6, 6.07) is -0.797. The molecule has 4 heteroatoms. The van der Waals surface area contributed by atoms with Gasteiger partial charge in [-0.2, -0.15) is 0 Å². The Labute approximate surface area is 53.4 Å². The van der Waals surface area contributed by atoms with Crippen molar-refractivity contribution in [3.8, 4) is 0 Å². The number of urea groups is 1. The van der Waals surface area contributed by atoms with E-state index in [1.165, 1.54) is 0 Å². The number of nitrogens with one attached hydrogen (secondary N) is 1. The molecule has 0 aromatic carbocycles. The highest BCUT2D eigenvalue weighted by molar-refractivity contribution is 5.94. The summed E-state index contributed by atoms with van der Waals surface area (Å²) in [6.07, 6.45) is 0. The fourth-order valence-electron chi connectivity index (χ4n) is 0.266. The standard InChI is InChI=1S/C5H10N2O2/c1-3(2)4(8)7-5(6)9/h3H,1-2H3,(H3,6,7,8,9). The van der Waals surface area contributed by atoms with Gasteiger partial charge in [-0.25, -0.2) is 4.79 Å². The number of nitrogens with two attached hydrogens (primary N) is 1. The van der Waals surface area contributed by atoms with Gasteiger partial charge in [0.1, 0.15) is 0 Å². The van der Waals surface area contributed by atoms with Crippen LogP contribution < -0.4 is 11.1 Å². The topological polar surface area (TPSA) is 72.2 Å². The number of imide groups is 1. The van der Waals surface area contributed by atoms with Crippen molar-refractivity contribution < 1.29 is 9.59 Å². The zero-order valence-corrected chi connectivity index (χ0v) is 5.47. The molecule has 4 nitrogen and oxygen atoms in total. The van der Waals surface area contributed by atoms with E-state index in [2.05, 4.69) is 5.73 Å². The van der Waals surface area contributed by atoms with E-state index in [0.717, 1.165) is 0 Å².